The molecule has 36 heavy (non-hydrogen) atoms. The van der Waals surface area contributed by atoms with Gasteiger partial charge in [-0.3, -0.25) is 4.79 Å². The maximum atomic E-state index is 14.6. The van der Waals surface area contributed by atoms with Crippen LogP contribution in [-0.2, 0) is 24.2 Å². The number of aryl methyl sites for hydroxylation is 2. The maximum Gasteiger partial charge on any atom is 0.290 e. The molecule has 2 atom stereocenters. The van der Waals surface area contributed by atoms with Crippen molar-refractivity contribution in [2.24, 2.45) is 5.92 Å². The number of carboxylic acid groups (broad SMARTS) is 1. The number of ether oxygens (including phenoxy) is 2. The molecule has 0 saturated heterocycles. The molecule has 8 heteroatoms. The molecule has 1 unspecified atom stereocenters. The average Bonchev–Trinajstić information content (AvgIpc) is 3.22. The number of aliphatic hydroxyl groups is 2. The lowest BCUT2D eigenvalue weighted by Crippen LogP contribution is -2.21. The van der Waals surface area contributed by atoms with E-state index in [0.29, 0.717) is 23.1 Å². The van der Waals surface area contributed by atoms with Gasteiger partial charge in [0.25, 0.3) is 6.47 Å². The van der Waals surface area contributed by atoms with E-state index in [1.165, 1.54) is 17.2 Å². The van der Waals surface area contributed by atoms with E-state index in [9.17, 15) is 9.50 Å². The number of aliphatic hydroxyl groups excluding tert-OH is 2. The van der Waals surface area contributed by atoms with Crippen LogP contribution in [0.4, 0.5) is 4.39 Å². The predicted molar refractivity (Wildman–Crippen MR) is 134 cm³/mol. The minimum Gasteiger partial charge on any atom is -0.491 e. The molecule has 0 fully saturated rings. The third-order valence-electron chi connectivity index (χ3n) is 6.06. The van der Waals surface area contributed by atoms with Crippen molar-refractivity contribution in [2.45, 2.75) is 46.3 Å². The van der Waals surface area contributed by atoms with E-state index < -0.39 is 6.10 Å². The first-order valence-corrected chi connectivity index (χ1v) is 11.8. The van der Waals surface area contributed by atoms with E-state index in [0.717, 1.165) is 35.1 Å². The van der Waals surface area contributed by atoms with Gasteiger partial charge in [0.2, 0.25) is 5.88 Å². The van der Waals surface area contributed by atoms with Crippen LogP contribution in [0.1, 0.15) is 34.7 Å². The van der Waals surface area contributed by atoms with E-state index in [1.807, 2.05) is 44.3 Å². The Kier molecular flexibility index (Phi) is 9.38. The van der Waals surface area contributed by atoms with Gasteiger partial charge < -0.3 is 24.8 Å². The van der Waals surface area contributed by atoms with Crippen LogP contribution in [0.5, 0.6) is 11.6 Å². The number of aromatic nitrogens is 1. The summed E-state index contributed by atoms with van der Waals surface area (Å²) in [7, 11) is 0. The fraction of sp³-hybridized carbons (Fsp3) is 0.357. The first-order valence-electron chi connectivity index (χ1n) is 11.8. The number of hydrogen-bond acceptors (Lipinski definition) is 6. The van der Waals surface area contributed by atoms with Crippen molar-refractivity contribution in [3.63, 3.8) is 0 Å². The third-order valence-corrected chi connectivity index (χ3v) is 6.06. The minimum absolute atomic E-state index is 0.0163. The van der Waals surface area contributed by atoms with E-state index >= 15 is 0 Å². The number of carbonyl (C=O) groups is 1. The van der Waals surface area contributed by atoms with Crippen LogP contribution in [0.15, 0.2) is 42.6 Å². The normalized spacial score (nSPS) is 14.9. The van der Waals surface area contributed by atoms with Gasteiger partial charge in [-0.25, -0.2) is 9.37 Å². The topological polar surface area (TPSA) is 109 Å². The summed E-state index contributed by atoms with van der Waals surface area (Å²) in [5.41, 5.74) is 6.83. The molecule has 1 aromatic heterocycles. The highest BCUT2D eigenvalue weighted by Gasteiger charge is 2.19. The van der Waals surface area contributed by atoms with Gasteiger partial charge in [-0.1, -0.05) is 13.0 Å². The molecule has 1 aliphatic rings. The predicted octanol–water partition coefficient (Wildman–Crippen LogP) is 4.25. The molecular formula is C28H32FNO6. The number of halogens is 1. The van der Waals surface area contributed by atoms with Gasteiger partial charge in [0.1, 0.15) is 30.9 Å². The lowest BCUT2D eigenvalue weighted by Gasteiger charge is -2.16. The second-order valence-corrected chi connectivity index (χ2v) is 9.08. The van der Waals surface area contributed by atoms with Gasteiger partial charge in [0.15, 0.2) is 0 Å². The zero-order chi connectivity index (χ0) is 26.2. The molecular weight excluding hydrogens is 465 g/mol. The van der Waals surface area contributed by atoms with Crippen molar-refractivity contribution in [2.75, 3.05) is 13.2 Å². The molecule has 0 bridgehead atoms. The highest BCUT2D eigenvalue weighted by molar-refractivity contribution is 5.72. The standard InChI is InChI=1S/C27H30FNO4.CH2O2/c1-16-6-20-11-26(29-12-21(20)7-16)33-14-22-10-19(4-5-25(22)28)27-17(2)8-24(9-18(27)3)32-15-23(31)13-30;2-1-3/h4-5,8-12,16,23,30-31H,6-7,13-15H2,1-3H3;1H,(H,2,3)/t16-,23?;/m0./s1. The van der Waals surface area contributed by atoms with Crippen molar-refractivity contribution in [3.05, 3.63) is 76.2 Å². The molecule has 0 saturated carbocycles. The summed E-state index contributed by atoms with van der Waals surface area (Å²) in [6, 6.07) is 10.8. The highest BCUT2D eigenvalue weighted by atomic mass is 19.1. The number of nitrogens with zero attached hydrogens (tertiary/aromatic N) is 1. The largest absolute Gasteiger partial charge is 0.491 e. The molecule has 2 aromatic carbocycles. The Morgan fingerprint density at radius 2 is 1.78 bits per heavy atom. The number of hydrogen-bond donors (Lipinski definition) is 3. The Hall–Kier alpha value is -3.49. The molecule has 3 aromatic rings. The van der Waals surface area contributed by atoms with Crippen LogP contribution in [0.2, 0.25) is 0 Å². The van der Waals surface area contributed by atoms with Crippen molar-refractivity contribution >= 4 is 6.47 Å². The van der Waals surface area contributed by atoms with Crippen LogP contribution < -0.4 is 9.47 Å². The third kappa shape index (κ3) is 6.80. The molecule has 7 nitrogen and oxygen atoms in total. The highest BCUT2D eigenvalue weighted by Crippen LogP contribution is 2.33. The van der Waals surface area contributed by atoms with E-state index in [-0.39, 0.29) is 32.1 Å². The molecule has 1 heterocycles. The number of rotatable bonds is 8. The summed E-state index contributed by atoms with van der Waals surface area (Å²) in [6.07, 6.45) is 3.02. The SMILES string of the molecule is Cc1cc(OCC(O)CO)cc(C)c1-c1ccc(F)c(COc2cc3c(cn2)C[C@@H](C)C3)c1.O=CO. The molecule has 4 rings (SSSR count). The Labute approximate surface area is 210 Å². The monoisotopic (exact) mass is 497 g/mol. The summed E-state index contributed by atoms with van der Waals surface area (Å²) in [4.78, 5) is 12.8. The molecule has 0 amide bonds. The van der Waals surface area contributed by atoms with Gasteiger partial charge in [-0.05, 0) is 90.3 Å². The van der Waals surface area contributed by atoms with E-state index in [4.69, 9.17) is 24.5 Å². The second kappa shape index (κ2) is 12.5. The Morgan fingerprint density at radius 3 is 2.44 bits per heavy atom. The quantitative estimate of drug-likeness (QED) is 0.399. The molecule has 1 aliphatic carbocycles. The summed E-state index contributed by atoms with van der Waals surface area (Å²) in [5, 5.41) is 25.4. The first-order chi connectivity index (χ1) is 17.2. The number of fused-ring (bicyclic) bond motifs is 1. The van der Waals surface area contributed by atoms with Crippen LogP contribution in [0.25, 0.3) is 11.1 Å². The fourth-order valence-electron chi connectivity index (χ4n) is 4.48. The van der Waals surface area contributed by atoms with Gasteiger partial charge in [0.05, 0.1) is 6.61 Å². The molecule has 0 spiro atoms. The molecule has 3 N–H and O–H groups in total. The molecule has 0 radical (unpaired) electrons. The Balaban J connectivity index is 0.00000115. The number of pyridine rings is 1. The van der Waals surface area contributed by atoms with Crippen molar-refractivity contribution < 1.29 is 34.0 Å². The van der Waals surface area contributed by atoms with E-state index in [1.54, 1.807) is 6.07 Å². The minimum atomic E-state index is -0.923. The van der Waals surface area contributed by atoms with E-state index in [2.05, 4.69) is 11.9 Å². The molecule has 0 aliphatic heterocycles. The summed E-state index contributed by atoms with van der Waals surface area (Å²) in [5.74, 6) is 1.44. The Morgan fingerprint density at radius 1 is 1.11 bits per heavy atom. The van der Waals surface area contributed by atoms with Gasteiger partial charge >= 0.3 is 0 Å². The lowest BCUT2D eigenvalue weighted by molar-refractivity contribution is -0.122. The zero-order valence-corrected chi connectivity index (χ0v) is 20.7. The van der Waals surface area contributed by atoms with Crippen molar-refractivity contribution in [3.8, 4) is 22.8 Å². The summed E-state index contributed by atoms with van der Waals surface area (Å²) >= 11 is 0. The van der Waals surface area contributed by atoms with Crippen LogP contribution in [0, 0.1) is 25.6 Å². The van der Waals surface area contributed by atoms with Crippen LogP contribution in [0.3, 0.4) is 0 Å². The first kappa shape index (κ1) is 27.1. The smallest absolute Gasteiger partial charge is 0.290 e. The molecule has 192 valence electrons. The van der Waals surface area contributed by atoms with Gasteiger partial charge in [-0.15, -0.1) is 0 Å². The average molecular weight is 498 g/mol. The lowest BCUT2D eigenvalue weighted by atomic mass is 9.94. The maximum absolute atomic E-state index is 14.6. The fourth-order valence-corrected chi connectivity index (χ4v) is 4.48. The second-order valence-electron chi connectivity index (χ2n) is 9.08. The van der Waals surface area contributed by atoms with Crippen LogP contribution >= 0.6 is 0 Å². The van der Waals surface area contributed by atoms with Gasteiger partial charge in [-0.2, -0.15) is 0 Å². The summed E-state index contributed by atoms with van der Waals surface area (Å²) in [6.45, 7) is 5.67. The Bertz CT molecular complexity index is 1180. The zero-order valence-electron chi connectivity index (χ0n) is 20.7. The van der Waals surface area contributed by atoms with Gasteiger partial charge in [0, 0.05) is 17.8 Å². The summed E-state index contributed by atoms with van der Waals surface area (Å²) < 4.78 is 26.0. The number of benzene rings is 2. The van der Waals surface area contributed by atoms with Crippen LogP contribution in [-0.4, -0.2) is 46.1 Å². The van der Waals surface area contributed by atoms with Crippen molar-refractivity contribution in [1.29, 1.82) is 0 Å². The van der Waals surface area contributed by atoms with Crippen molar-refractivity contribution in [1.82, 2.24) is 4.98 Å².